The number of aromatic nitrogens is 4. The number of carbonyl (C=O) groups excluding carboxylic acids is 1. The number of aromatic amines is 1. The number of imidazole rings is 1. The molecule has 3 aromatic rings. The van der Waals surface area contributed by atoms with E-state index < -0.39 is 0 Å². The first kappa shape index (κ1) is 18.3. The average molecular weight is 377 g/mol. The Hall–Kier alpha value is -3.06. The third kappa shape index (κ3) is 3.53. The van der Waals surface area contributed by atoms with Gasteiger partial charge >= 0.3 is 0 Å². The van der Waals surface area contributed by atoms with Crippen molar-refractivity contribution < 1.29 is 9.53 Å². The Morgan fingerprint density at radius 2 is 2.11 bits per heavy atom. The van der Waals surface area contributed by atoms with E-state index in [-0.39, 0.29) is 12.0 Å². The Morgan fingerprint density at radius 3 is 2.82 bits per heavy atom. The van der Waals surface area contributed by atoms with Crippen LogP contribution in [0.3, 0.4) is 0 Å². The first-order chi connectivity index (χ1) is 13.5. The summed E-state index contributed by atoms with van der Waals surface area (Å²) < 4.78 is 5.36. The molecule has 0 bridgehead atoms. The lowest BCUT2D eigenvalue weighted by atomic mass is 10.1. The molecule has 7 heteroatoms. The smallest absolute Gasteiger partial charge is 0.255 e. The van der Waals surface area contributed by atoms with Crippen molar-refractivity contribution in [2.24, 2.45) is 0 Å². The Labute approximate surface area is 163 Å². The van der Waals surface area contributed by atoms with Crippen LogP contribution in [0.25, 0.3) is 22.6 Å². The molecule has 1 saturated heterocycles. The van der Waals surface area contributed by atoms with Crippen LogP contribution in [0.4, 0.5) is 0 Å². The number of amides is 1. The van der Waals surface area contributed by atoms with Gasteiger partial charge in [-0.1, -0.05) is 0 Å². The van der Waals surface area contributed by atoms with Gasteiger partial charge in [0.1, 0.15) is 5.69 Å². The number of pyridine rings is 2. The number of nitrogens with one attached hydrogen (secondary N) is 1. The molecular formula is C21H23N5O2. The summed E-state index contributed by atoms with van der Waals surface area (Å²) >= 11 is 0. The number of hydrogen-bond donors (Lipinski definition) is 1. The van der Waals surface area contributed by atoms with E-state index in [4.69, 9.17) is 4.74 Å². The van der Waals surface area contributed by atoms with Gasteiger partial charge in [0.2, 0.25) is 0 Å². The molecule has 3 aromatic heterocycles. The van der Waals surface area contributed by atoms with Crippen molar-refractivity contribution in [2.45, 2.75) is 26.4 Å². The molecule has 0 spiro atoms. The van der Waals surface area contributed by atoms with Crippen molar-refractivity contribution in [3.63, 3.8) is 0 Å². The Morgan fingerprint density at radius 1 is 1.25 bits per heavy atom. The van der Waals surface area contributed by atoms with Crippen LogP contribution in [0.5, 0.6) is 0 Å². The van der Waals surface area contributed by atoms with Crippen LogP contribution >= 0.6 is 0 Å². The molecule has 4 rings (SSSR count). The maximum atomic E-state index is 12.8. The van der Waals surface area contributed by atoms with E-state index in [1.54, 1.807) is 25.7 Å². The van der Waals surface area contributed by atoms with E-state index in [1.807, 2.05) is 36.9 Å². The summed E-state index contributed by atoms with van der Waals surface area (Å²) in [5, 5.41) is 0. The Balaban J connectivity index is 1.61. The number of nitrogens with zero attached hydrogens (tertiary/aromatic N) is 4. The molecular weight excluding hydrogens is 354 g/mol. The first-order valence-electron chi connectivity index (χ1n) is 9.32. The van der Waals surface area contributed by atoms with Crippen LogP contribution in [0, 0.1) is 13.8 Å². The lowest BCUT2D eigenvalue weighted by molar-refractivity contribution is 0.0724. The zero-order chi connectivity index (χ0) is 19.7. The topological polar surface area (TPSA) is 84.0 Å². The third-order valence-electron chi connectivity index (χ3n) is 5.21. The second-order valence-electron chi connectivity index (χ2n) is 7.09. The minimum absolute atomic E-state index is 0.0135. The maximum absolute atomic E-state index is 12.8. The molecule has 1 N–H and O–H groups in total. The first-order valence-corrected chi connectivity index (χ1v) is 9.32. The van der Waals surface area contributed by atoms with Crippen LogP contribution in [0.15, 0.2) is 36.8 Å². The molecule has 0 radical (unpaired) electrons. The van der Waals surface area contributed by atoms with Crippen LogP contribution < -0.4 is 0 Å². The van der Waals surface area contributed by atoms with Crippen molar-refractivity contribution in [3.05, 3.63) is 53.7 Å². The summed E-state index contributed by atoms with van der Waals surface area (Å²) in [5.41, 5.74) is 5.13. The molecule has 1 fully saturated rings. The minimum Gasteiger partial charge on any atom is -0.380 e. The van der Waals surface area contributed by atoms with Crippen molar-refractivity contribution >= 4 is 5.91 Å². The van der Waals surface area contributed by atoms with Gasteiger partial charge in [-0.25, -0.2) is 4.98 Å². The Kier molecular flexibility index (Phi) is 4.92. The SMILES string of the molecule is CO[C@H]1CCN(C(=O)c2cncc(-c3ccnc(-c4nc(C)c(C)[nH]4)c3)c2)C1. The highest BCUT2D eigenvalue weighted by Gasteiger charge is 2.27. The van der Waals surface area contributed by atoms with Gasteiger partial charge in [-0.05, 0) is 44.0 Å². The van der Waals surface area contributed by atoms with Crippen LogP contribution in [-0.4, -0.2) is 57.0 Å². The molecule has 7 nitrogen and oxygen atoms in total. The molecule has 1 atom stereocenters. The summed E-state index contributed by atoms with van der Waals surface area (Å²) in [7, 11) is 1.68. The van der Waals surface area contributed by atoms with Gasteiger partial charge in [-0.3, -0.25) is 14.8 Å². The van der Waals surface area contributed by atoms with Gasteiger partial charge in [0.15, 0.2) is 5.82 Å². The quantitative estimate of drug-likeness (QED) is 0.756. The van der Waals surface area contributed by atoms with Gasteiger partial charge in [-0.15, -0.1) is 0 Å². The van der Waals surface area contributed by atoms with Crippen LogP contribution in [0.1, 0.15) is 28.2 Å². The van der Waals surface area contributed by atoms with Crippen molar-refractivity contribution in [1.82, 2.24) is 24.8 Å². The molecule has 1 amide bonds. The van der Waals surface area contributed by atoms with Gasteiger partial charge in [-0.2, -0.15) is 0 Å². The van der Waals surface area contributed by atoms with E-state index in [2.05, 4.69) is 19.9 Å². The number of carbonyl (C=O) groups is 1. The molecule has 28 heavy (non-hydrogen) atoms. The summed E-state index contributed by atoms with van der Waals surface area (Å²) in [5.74, 6) is 0.722. The molecule has 144 valence electrons. The standard InChI is InChI=1S/C21H23N5O2/c1-13-14(2)25-20(24-13)19-9-15(4-6-23-19)16-8-17(11-22-10-16)21(27)26-7-5-18(12-26)28-3/h4,6,8-11,18H,5,7,12H2,1-3H3,(H,24,25)/t18-/m0/s1. The second kappa shape index (κ2) is 7.52. The normalized spacial score (nSPS) is 16.5. The molecule has 0 unspecified atom stereocenters. The summed E-state index contributed by atoms with van der Waals surface area (Å²) in [4.78, 5) is 31.1. The number of hydrogen-bond acceptors (Lipinski definition) is 5. The van der Waals surface area contributed by atoms with E-state index in [1.165, 1.54) is 0 Å². The molecule has 0 aliphatic carbocycles. The second-order valence-corrected chi connectivity index (χ2v) is 7.09. The highest BCUT2D eigenvalue weighted by Crippen LogP contribution is 2.25. The average Bonchev–Trinajstić information content (AvgIpc) is 3.34. The van der Waals surface area contributed by atoms with Gasteiger partial charge in [0.05, 0.1) is 17.4 Å². The van der Waals surface area contributed by atoms with Crippen molar-refractivity contribution in [2.75, 3.05) is 20.2 Å². The zero-order valence-corrected chi connectivity index (χ0v) is 16.3. The lowest BCUT2D eigenvalue weighted by Crippen LogP contribution is -2.30. The fraction of sp³-hybridized carbons (Fsp3) is 0.333. The minimum atomic E-state index is -0.0135. The summed E-state index contributed by atoms with van der Waals surface area (Å²) in [6, 6.07) is 5.75. The fourth-order valence-electron chi connectivity index (χ4n) is 3.41. The van der Waals surface area contributed by atoms with Crippen molar-refractivity contribution in [1.29, 1.82) is 0 Å². The monoisotopic (exact) mass is 377 g/mol. The highest BCUT2D eigenvalue weighted by molar-refractivity contribution is 5.95. The summed E-state index contributed by atoms with van der Waals surface area (Å²) in [6.07, 6.45) is 6.10. The van der Waals surface area contributed by atoms with Gasteiger partial charge in [0.25, 0.3) is 5.91 Å². The van der Waals surface area contributed by atoms with E-state index in [0.29, 0.717) is 18.7 Å². The molecule has 4 heterocycles. The summed E-state index contributed by atoms with van der Waals surface area (Å²) in [6.45, 7) is 5.28. The van der Waals surface area contributed by atoms with E-state index >= 15 is 0 Å². The van der Waals surface area contributed by atoms with Crippen LogP contribution in [-0.2, 0) is 4.74 Å². The predicted octanol–water partition coefficient (Wildman–Crippen LogP) is 3.01. The Bertz CT molecular complexity index is 994. The zero-order valence-electron chi connectivity index (χ0n) is 16.3. The van der Waals surface area contributed by atoms with Gasteiger partial charge < -0.3 is 14.6 Å². The van der Waals surface area contributed by atoms with Crippen LogP contribution in [0.2, 0.25) is 0 Å². The molecule has 1 aliphatic rings. The third-order valence-corrected chi connectivity index (χ3v) is 5.21. The number of likely N-dealkylation sites (tertiary alicyclic amines) is 1. The number of aryl methyl sites for hydroxylation is 2. The number of rotatable bonds is 4. The van der Waals surface area contributed by atoms with E-state index in [9.17, 15) is 4.79 Å². The lowest BCUT2D eigenvalue weighted by Gasteiger charge is -2.16. The maximum Gasteiger partial charge on any atom is 0.255 e. The molecule has 1 aliphatic heterocycles. The van der Waals surface area contributed by atoms with Crippen molar-refractivity contribution in [3.8, 4) is 22.6 Å². The van der Waals surface area contributed by atoms with Gasteiger partial charge in [0, 0.05) is 50.0 Å². The molecule has 0 saturated carbocycles. The predicted molar refractivity (Wildman–Crippen MR) is 106 cm³/mol. The number of ether oxygens (including phenoxy) is 1. The molecule has 0 aromatic carbocycles. The van der Waals surface area contributed by atoms with E-state index in [0.717, 1.165) is 40.5 Å². The largest absolute Gasteiger partial charge is 0.380 e. The highest BCUT2D eigenvalue weighted by atomic mass is 16.5. The number of H-pyrrole nitrogens is 1. The number of methoxy groups -OCH3 is 1. The fourth-order valence-corrected chi connectivity index (χ4v) is 3.41.